The van der Waals surface area contributed by atoms with Crippen molar-refractivity contribution in [1.29, 1.82) is 0 Å². The van der Waals surface area contributed by atoms with Gasteiger partial charge < -0.3 is 29.5 Å². The second-order valence-electron chi connectivity index (χ2n) is 10.8. The maximum Gasteiger partial charge on any atom is 0.150 e. The zero-order chi connectivity index (χ0) is 31.4. The Bertz CT molecular complexity index is 1960. The molecule has 3 aromatic rings. The van der Waals surface area contributed by atoms with E-state index >= 15 is 0 Å². The summed E-state index contributed by atoms with van der Waals surface area (Å²) in [7, 11) is -10.0. The van der Waals surface area contributed by atoms with Gasteiger partial charge in [0.25, 0.3) is 0 Å². The first-order chi connectivity index (χ1) is 20.0. The van der Waals surface area contributed by atoms with Gasteiger partial charge in [-0.1, -0.05) is 34.9 Å². The highest BCUT2D eigenvalue weighted by molar-refractivity contribution is 7.90. The van der Waals surface area contributed by atoms with Gasteiger partial charge in [0.2, 0.25) is 0 Å². The second-order valence-corrected chi connectivity index (χ2v) is 13.6. The zero-order valence-electron chi connectivity index (χ0n) is 22.6. The molecule has 8 bridgehead atoms. The van der Waals surface area contributed by atoms with Crippen LogP contribution in [0.15, 0.2) is 63.9 Å². The van der Waals surface area contributed by atoms with Crippen LogP contribution in [0.5, 0.6) is 17.2 Å². The molecule has 0 heterocycles. The average Bonchev–Trinajstić information content (AvgIpc) is 2.91. The highest BCUT2D eigenvalue weighted by atomic mass is 32.2. The molecule has 5 rings (SSSR count). The van der Waals surface area contributed by atoms with Crippen LogP contribution >= 0.6 is 0 Å². The number of benzene rings is 3. The van der Waals surface area contributed by atoms with E-state index in [9.17, 15) is 51.2 Å². The van der Waals surface area contributed by atoms with Crippen LogP contribution in [-0.2, 0) is 45.9 Å². The number of phenols is 2. The number of hydrogen-bond donors (Lipinski definition) is 3. The highest BCUT2D eigenvalue weighted by Gasteiger charge is 2.29. The maximum atomic E-state index is 13.6. The molecule has 2 unspecified atom stereocenters. The van der Waals surface area contributed by atoms with Crippen molar-refractivity contribution in [3.8, 4) is 17.2 Å². The van der Waals surface area contributed by atoms with Crippen molar-refractivity contribution in [1.82, 2.24) is 0 Å². The SMILES string of the molecule is Cc1cc2c(O)c(c1)Cc1cc(S(=O)(=O)[O-])cc(c1O)Cc1cc(C=O)cc(c1[O-])CC1C=C(S(=O)(=O)[O-])C=C(C2)C1O. The standard InChI is InChI=1S/C30H28O11S2/c1-15-2-17-6-21-10-25(42(36,37)38)12-23(29(21)34)8-19-4-16(14-31)5-20(28(19)33)9-24-13-26(43(39,40)41)11-22(30(24)35)7-18(3-15)27(17)32/h2-5,10-14,23,29,32-35H,6-9H2,1H3,(H,36,37,38)(H,39,40,41)/p-3. The molecule has 0 aliphatic heterocycles. The molecule has 43 heavy (non-hydrogen) atoms. The van der Waals surface area contributed by atoms with Crippen LogP contribution < -0.4 is 5.11 Å². The molecule has 0 saturated carbocycles. The Labute approximate surface area is 247 Å². The lowest BCUT2D eigenvalue weighted by molar-refractivity contribution is -0.270. The summed E-state index contributed by atoms with van der Waals surface area (Å²) in [6.45, 7) is 1.70. The van der Waals surface area contributed by atoms with Crippen molar-refractivity contribution < 1.29 is 51.2 Å². The van der Waals surface area contributed by atoms with Crippen molar-refractivity contribution in [2.24, 2.45) is 5.92 Å². The van der Waals surface area contributed by atoms with Crippen molar-refractivity contribution >= 4 is 26.5 Å². The Morgan fingerprint density at radius 3 is 1.88 bits per heavy atom. The number of carbonyl (C=O) groups is 1. The lowest BCUT2D eigenvalue weighted by Crippen LogP contribution is -2.29. The van der Waals surface area contributed by atoms with Gasteiger partial charge in [0.05, 0.1) is 15.9 Å². The molecule has 0 spiro atoms. The fraction of sp³-hybridized carbons (Fsp3) is 0.233. The predicted molar refractivity (Wildman–Crippen MR) is 149 cm³/mol. The Kier molecular flexibility index (Phi) is 7.73. The topological polar surface area (TPSA) is 215 Å². The molecule has 0 amide bonds. The molecular weight excluding hydrogens is 600 g/mol. The van der Waals surface area contributed by atoms with Crippen molar-refractivity contribution in [2.45, 2.75) is 43.6 Å². The minimum Gasteiger partial charge on any atom is -0.872 e. The van der Waals surface area contributed by atoms with Gasteiger partial charge in [0.1, 0.15) is 38.0 Å². The van der Waals surface area contributed by atoms with E-state index in [4.69, 9.17) is 0 Å². The third-order valence-electron chi connectivity index (χ3n) is 7.74. The van der Waals surface area contributed by atoms with Crippen LogP contribution in [0.3, 0.4) is 0 Å². The van der Waals surface area contributed by atoms with Gasteiger partial charge >= 0.3 is 0 Å². The van der Waals surface area contributed by atoms with E-state index in [0.29, 0.717) is 11.8 Å². The van der Waals surface area contributed by atoms with Gasteiger partial charge in [-0.2, -0.15) is 0 Å². The minimum atomic E-state index is -5.02. The van der Waals surface area contributed by atoms with E-state index < -0.39 is 60.0 Å². The highest BCUT2D eigenvalue weighted by Crippen LogP contribution is 2.39. The number of aliphatic hydroxyl groups excluding tert-OH is 1. The van der Waals surface area contributed by atoms with Crippen molar-refractivity contribution in [3.05, 3.63) is 104 Å². The maximum absolute atomic E-state index is 13.6. The molecule has 0 radical (unpaired) electrons. The molecule has 3 N–H and O–H groups in total. The summed E-state index contributed by atoms with van der Waals surface area (Å²) in [6, 6.07) is 7.56. The first kappa shape index (κ1) is 30.4. The molecule has 11 nitrogen and oxygen atoms in total. The lowest BCUT2D eigenvalue weighted by atomic mass is 9.82. The Morgan fingerprint density at radius 1 is 0.791 bits per heavy atom. The van der Waals surface area contributed by atoms with Gasteiger partial charge in [-0.25, -0.2) is 16.8 Å². The summed E-state index contributed by atoms with van der Waals surface area (Å²) in [5.41, 5.74) is 0.994. The van der Waals surface area contributed by atoms with E-state index in [1.54, 1.807) is 19.1 Å². The molecule has 13 heteroatoms. The predicted octanol–water partition coefficient (Wildman–Crippen LogP) is 1.82. The summed E-state index contributed by atoms with van der Waals surface area (Å²) < 4.78 is 72.3. The molecule has 3 aromatic carbocycles. The number of phenolic OH excluding ortho intramolecular Hbond substituents is 2. The molecule has 226 valence electrons. The van der Waals surface area contributed by atoms with Crippen molar-refractivity contribution in [3.63, 3.8) is 0 Å². The zero-order valence-corrected chi connectivity index (χ0v) is 24.2. The summed E-state index contributed by atoms with van der Waals surface area (Å²) in [5, 5.41) is 47.2. The van der Waals surface area contributed by atoms with Gasteiger partial charge in [0, 0.05) is 24.3 Å². The summed E-state index contributed by atoms with van der Waals surface area (Å²) in [5.74, 6) is -2.42. The summed E-state index contributed by atoms with van der Waals surface area (Å²) >= 11 is 0. The monoisotopic (exact) mass is 625 g/mol. The fourth-order valence-electron chi connectivity index (χ4n) is 5.74. The number of fused-ring (bicyclic) bond motifs is 8. The first-order valence-electron chi connectivity index (χ1n) is 13.0. The van der Waals surface area contributed by atoms with Crippen LogP contribution in [0, 0.1) is 12.8 Å². The first-order valence-corrected chi connectivity index (χ1v) is 15.8. The van der Waals surface area contributed by atoms with Gasteiger partial charge in [-0.15, -0.1) is 5.75 Å². The Morgan fingerprint density at radius 2 is 1.33 bits per heavy atom. The summed E-state index contributed by atoms with van der Waals surface area (Å²) in [6.07, 6.45) is 0.0218. The fourth-order valence-corrected chi connectivity index (χ4v) is 6.95. The van der Waals surface area contributed by atoms with E-state index in [1.165, 1.54) is 12.1 Å². The van der Waals surface area contributed by atoms with E-state index in [2.05, 4.69) is 0 Å². The number of aldehydes is 1. The second kappa shape index (κ2) is 10.9. The smallest absolute Gasteiger partial charge is 0.150 e. The number of allylic oxidation sites excluding steroid dienone is 1. The molecular formula is C30H25O11S2-3. The van der Waals surface area contributed by atoms with Crippen LogP contribution in [0.25, 0.3) is 0 Å². The van der Waals surface area contributed by atoms with Gasteiger partial charge in [-0.3, -0.25) is 4.79 Å². The minimum absolute atomic E-state index is 0.0103. The molecule has 0 aromatic heterocycles. The quantitative estimate of drug-likeness (QED) is 0.282. The number of aliphatic hydroxyl groups is 1. The normalized spacial score (nSPS) is 18.9. The largest absolute Gasteiger partial charge is 0.872 e. The third kappa shape index (κ3) is 6.08. The van der Waals surface area contributed by atoms with Gasteiger partial charge in [0.15, 0.2) is 0 Å². The molecule has 2 aliphatic carbocycles. The number of hydrogen-bond acceptors (Lipinski definition) is 11. The molecule has 2 aliphatic rings. The van der Waals surface area contributed by atoms with E-state index in [-0.39, 0.29) is 69.5 Å². The van der Waals surface area contributed by atoms with Crippen molar-refractivity contribution in [2.75, 3.05) is 0 Å². The number of aryl methyl sites for hydroxylation is 1. The molecule has 0 saturated heterocycles. The average molecular weight is 626 g/mol. The Hall–Kier alpha value is -4.01. The molecule has 0 fully saturated rings. The third-order valence-corrected chi connectivity index (χ3v) is 9.38. The lowest BCUT2D eigenvalue weighted by Gasteiger charge is -2.31. The van der Waals surface area contributed by atoms with Crippen LogP contribution in [0.1, 0.15) is 49.3 Å². The number of rotatable bonds is 3. The van der Waals surface area contributed by atoms with Gasteiger partial charge in [-0.05, 0) is 77.9 Å². The Balaban J connectivity index is 1.81. The van der Waals surface area contributed by atoms with Crippen LogP contribution in [-0.4, -0.2) is 53.7 Å². The van der Waals surface area contributed by atoms with Crippen LogP contribution in [0.4, 0.5) is 0 Å². The number of aromatic hydroxyl groups is 2. The van der Waals surface area contributed by atoms with Crippen LogP contribution in [0.2, 0.25) is 0 Å². The number of carbonyl (C=O) groups excluding carboxylic acids is 1. The summed E-state index contributed by atoms with van der Waals surface area (Å²) in [4.78, 5) is 10.5. The molecule has 2 atom stereocenters. The van der Waals surface area contributed by atoms with E-state index in [0.717, 1.165) is 24.3 Å². The van der Waals surface area contributed by atoms with E-state index in [1.807, 2.05) is 0 Å².